The maximum absolute atomic E-state index is 11.7. The lowest BCUT2D eigenvalue weighted by molar-refractivity contribution is -0.125. The smallest absolute Gasteiger partial charge is 0.226 e. The number of methoxy groups -OCH3 is 1. The van der Waals surface area contributed by atoms with E-state index in [1.54, 1.807) is 7.11 Å². The molecular formula is C13H19NO2. The first-order valence-corrected chi connectivity index (χ1v) is 5.49. The van der Waals surface area contributed by atoms with Crippen molar-refractivity contribution in [2.45, 2.75) is 26.5 Å². The second kappa shape index (κ2) is 6.28. The predicted octanol–water partition coefficient (Wildman–Crippen LogP) is 1.97. The van der Waals surface area contributed by atoms with Crippen molar-refractivity contribution in [2.75, 3.05) is 7.11 Å². The molecular weight excluding hydrogens is 202 g/mol. The van der Waals surface area contributed by atoms with Gasteiger partial charge in [-0.25, -0.2) is 0 Å². The first-order chi connectivity index (χ1) is 7.63. The van der Waals surface area contributed by atoms with E-state index >= 15 is 0 Å². The Morgan fingerprint density at radius 3 is 2.44 bits per heavy atom. The standard InChI is InChI=1S/C13H19NO2/c1-10(2)13(16-3)14-12(15)9-11-7-5-4-6-8-11/h4-8,10,13H,9H2,1-3H3,(H,14,15). The van der Waals surface area contributed by atoms with Crippen molar-refractivity contribution in [2.24, 2.45) is 5.92 Å². The fraction of sp³-hybridized carbons (Fsp3) is 0.462. The third-order valence-electron chi connectivity index (χ3n) is 2.37. The van der Waals surface area contributed by atoms with Gasteiger partial charge in [0, 0.05) is 7.11 Å². The number of nitrogens with one attached hydrogen (secondary N) is 1. The molecule has 16 heavy (non-hydrogen) atoms. The van der Waals surface area contributed by atoms with Crippen molar-refractivity contribution in [1.29, 1.82) is 0 Å². The van der Waals surface area contributed by atoms with E-state index < -0.39 is 0 Å². The zero-order chi connectivity index (χ0) is 12.0. The number of rotatable bonds is 5. The van der Waals surface area contributed by atoms with Crippen LogP contribution >= 0.6 is 0 Å². The van der Waals surface area contributed by atoms with Crippen molar-refractivity contribution in [3.63, 3.8) is 0 Å². The van der Waals surface area contributed by atoms with Gasteiger partial charge < -0.3 is 10.1 Å². The van der Waals surface area contributed by atoms with Gasteiger partial charge in [-0.3, -0.25) is 4.79 Å². The molecule has 0 heterocycles. The molecule has 1 rings (SSSR count). The van der Waals surface area contributed by atoms with Crippen LogP contribution in [0.25, 0.3) is 0 Å². The largest absolute Gasteiger partial charge is 0.361 e. The molecule has 0 saturated heterocycles. The second-order valence-corrected chi connectivity index (χ2v) is 4.13. The summed E-state index contributed by atoms with van der Waals surface area (Å²) in [5, 5.41) is 2.85. The lowest BCUT2D eigenvalue weighted by Gasteiger charge is -2.20. The van der Waals surface area contributed by atoms with Crippen LogP contribution in [0.3, 0.4) is 0 Å². The summed E-state index contributed by atoms with van der Waals surface area (Å²) in [6, 6.07) is 9.68. The highest BCUT2D eigenvalue weighted by atomic mass is 16.5. The molecule has 0 aliphatic rings. The van der Waals surface area contributed by atoms with Gasteiger partial charge in [-0.05, 0) is 11.5 Å². The monoisotopic (exact) mass is 221 g/mol. The van der Waals surface area contributed by atoms with E-state index in [9.17, 15) is 4.79 Å². The van der Waals surface area contributed by atoms with Gasteiger partial charge in [0.1, 0.15) is 6.23 Å². The summed E-state index contributed by atoms with van der Waals surface area (Å²) in [6.07, 6.45) is 0.184. The van der Waals surface area contributed by atoms with Crippen molar-refractivity contribution >= 4 is 5.91 Å². The molecule has 0 fully saturated rings. The van der Waals surface area contributed by atoms with E-state index in [2.05, 4.69) is 5.32 Å². The number of carbonyl (C=O) groups excluding carboxylic acids is 1. The third kappa shape index (κ3) is 4.03. The predicted molar refractivity (Wildman–Crippen MR) is 63.9 cm³/mol. The highest BCUT2D eigenvalue weighted by Crippen LogP contribution is 2.04. The van der Waals surface area contributed by atoms with Gasteiger partial charge in [-0.15, -0.1) is 0 Å². The van der Waals surface area contributed by atoms with Gasteiger partial charge >= 0.3 is 0 Å². The molecule has 1 N–H and O–H groups in total. The van der Waals surface area contributed by atoms with Gasteiger partial charge in [0.05, 0.1) is 6.42 Å². The Morgan fingerprint density at radius 2 is 1.94 bits per heavy atom. The molecule has 0 radical (unpaired) electrons. The molecule has 1 unspecified atom stereocenters. The van der Waals surface area contributed by atoms with Gasteiger partial charge in [0.2, 0.25) is 5.91 Å². The third-order valence-corrected chi connectivity index (χ3v) is 2.37. The molecule has 0 bridgehead atoms. The Morgan fingerprint density at radius 1 is 1.31 bits per heavy atom. The number of amides is 1. The fourth-order valence-electron chi connectivity index (χ4n) is 1.49. The summed E-state index contributed by atoms with van der Waals surface area (Å²) < 4.78 is 5.19. The van der Waals surface area contributed by atoms with E-state index in [1.165, 1.54) is 0 Å². The topological polar surface area (TPSA) is 38.3 Å². The number of hydrogen-bond donors (Lipinski definition) is 1. The van der Waals surface area contributed by atoms with Crippen molar-refractivity contribution in [3.05, 3.63) is 35.9 Å². The Hall–Kier alpha value is -1.35. The van der Waals surface area contributed by atoms with Crippen molar-refractivity contribution < 1.29 is 9.53 Å². The summed E-state index contributed by atoms with van der Waals surface area (Å²) in [5.41, 5.74) is 1.01. The minimum atomic E-state index is -0.212. The minimum Gasteiger partial charge on any atom is -0.361 e. The number of carbonyl (C=O) groups is 1. The summed E-state index contributed by atoms with van der Waals surface area (Å²) in [4.78, 5) is 11.7. The van der Waals surface area contributed by atoms with Crippen LogP contribution in [0.15, 0.2) is 30.3 Å². The highest BCUT2D eigenvalue weighted by Gasteiger charge is 2.14. The zero-order valence-corrected chi connectivity index (χ0v) is 10.1. The van der Waals surface area contributed by atoms with Crippen LogP contribution in [0.1, 0.15) is 19.4 Å². The number of benzene rings is 1. The van der Waals surface area contributed by atoms with E-state index in [1.807, 2.05) is 44.2 Å². The minimum absolute atomic E-state index is 0.00764. The Bertz CT molecular complexity index is 322. The maximum atomic E-state index is 11.7. The maximum Gasteiger partial charge on any atom is 0.226 e. The van der Waals surface area contributed by atoms with Crippen LogP contribution in [0.2, 0.25) is 0 Å². The molecule has 0 spiro atoms. The fourth-order valence-corrected chi connectivity index (χ4v) is 1.49. The highest BCUT2D eigenvalue weighted by molar-refractivity contribution is 5.78. The lowest BCUT2D eigenvalue weighted by atomic mass is 10.1. The van der Waals surface area contributed by atoms with Crippen LogP contribution in [0.4, 0.5) is 0 Å². The SMILES string of the molecule is COC(NC(=O)Cc1ccccc1)C(C)C. The molecule has 0 aromatic heterocycles. The Kier molecular flexibility index (Phi) is 4.99. The molecule has 1 atom stereocenters. The van der Waals surface area contributed by atoms with Gasteiger partial charge in [-0.1, -0.05) is 44.2 Å². The normalized spacial score (nSPS) is 12.5. The molecule has 1 aromatic rings. The van der Waals surface area contributed by atoms with Crippen LogP contribution < -0.4 is 5.32 Å². The number of hydrogen-bond acceptors (Lipinski definition) is 2. The molecule has 1 aromatic carbocycles. The van der Waals surface area contributed by atoms with Crippen molar-refractivity contribution in [1.82, 2.24) is 5.32 Å². The molecule has 0 saturated carbocycles. The van der Waals surface area contributed by atoms with E-state index in [-0.39, 0.29) is 18.1 Å². The first kappa shape index (κ1) is 12.7. The average Bonchev–Trinajstić information content (AvgIpc) is 2.27. The van der Waals surface area contributed by atoms with E-state index in [4.69, 9.17) is 4.74 Å². The molecule has 88 valence electrons. The van der Waals surface area contributed by atoms with E-state index in [0.717, 1.165) is 5.56 Å². The van der Waals surface area contributed by atoms with Gasteiger partial charge in [0.15, 0.2) is 0 Å². The van der Waals surface area contributed by atoms with Crippen molar-refractivity contribution in [3.8, 4) is 0 Å². The summed E-state index contributed by atoms with van der Waals surface area (Å²) in [6.45, 7) is 4.02. The Balaban J connectivity index is 2.47. The molecule has 0 aliphatic heterocycles. The summed E-state index contributed by atoms with van der Waals surface area (Å²) in [7, 11) is 1.60. The lowest BCUT2D eigenvalue weighted by Crippen LogP contribution is -2.40. The molecule has 3 heteroatoms. The molecule has 0 aliphatic carbocycles. The number of ether oxygens (including phenoxy) is 1. The van der Waals surface area contributed by atoms with Crippen LogP contribution in [0.5, 0.6) is 0 Å². The van der Waals surface area contributed by atoms with Crippen LogP contribution in [-0.2, 0) is 16.0 Å². The zero-order valence-electron chi connectivity index (χ0n) is 10.1. The first-order valence-electron chi connectivity index (χ1n) is 5.49. The van der Waals surface area contributed by atoms with Crippen LogP contribution in [0, 0.1) is 5.92 Å². The Labute approximate surface area is 96.8 Å². The summed E-state index contributed by atoms with van der Waals surface area (Å²) in [5.74, 6) is 0.261. The van der Waals surface area contributed by atoms with Crippen LogP contribution in [-0.4, -0.2) is 19.2 Å². The van der Waals surface area contributed by atoms with Gasteiger partial charge in [-0.2, -0.15) is 0 Å². The second-order valence-electron chi connectivity index (χ2n) is 4.13. The van der Waals surface area contributed by atoms with Gasteiger partial charge in [0.25, 0.3) is 0 Å². The average molecular weight is 221 g/mol. The molecule has 3 nitrogen and oxygen atoms in total. The summed E-state index contributed by atoms with van der Waals surface area (Å²) >= 11 is 0. The molecule has 1 amide bonds. The quantitative estimate of drug-likeness (QED) is 0.772. The van der Waals surface area contributed by atoms with E-state index in [0.29, 0.717) is 6.42 Å².